The van der Waals surface area contributed by atoms with Crippen molar-refractivity contribution in [1.29, 1.82) is 0 Å². The lowest BCUT2D eigenvalue weighted by Crippen LogP contribution is -2.42. The van der Waals surface area contributed by atoms with Crippen molar-refractivity contribution in [3.05, 3.63) is 0 Å². The van der Waals surface area contributed by atoms with Gasteiger partial charge in [0.15, 0.2) is 10.2 Å². The molecule has 2 aliphatic rings. The van der Waals surface area contributed by atoms with E-state index < -0.39 is 0 Å². The average Bonchev–Trinajstić information content (AvgIpc) is 3.24. The van der Waals surface area contributed by atoms with Gasteiger partial charge >= 0.3 is 0 Å². The summed E-state index contributed by atoms with van der Waals surface area (Å²) in [5.74, 6) is 0. The van der Waals surface area contributed by atoms with Crippen LogP contribution in [0.3, 0.4) is 0 Å². The quantitative estimate of drug-likeness (QED) is 0.372. The zero-order chi connectivity index (χ0) is 16.3. The zero-order valence-corrected chi connectivity index (χ0v) is 15.2. The minimum atomic E-state index is 0.309. The molecule has 2 rings (SSSR count). The molecule has 2 heterocycles. The van der Waals surface area contributed by atoms with E-state index in [2.05, 4.69) is 21.3 Å². The second kappa shape index (κ2) is 11.0. The van der Waals surface area contributed by atoms with Crippen LogP contribution >= 0.6 is 24.4 Å². The number of hydrogen-bond donors (Lipinski definition) is 4. The first-order valence-electron chi connectivity index (χ1n) is 8.50. The molecule has 0 unspecified atom stereocenters. The molecule has 0 aliphatic carbocycles. The largest absolute Gasteiger partial charge is 0.376 e. The van der Waals surface area contributed by atoms with Crippen molar-refractivity contribution < 1.29 is 9.47 Å². The Hall–Kier alpha value is -0.700. The molecule has 132 valence electrons. The maximum absolute atomic E-state index is 5.54. The summed E-state index contributed by atoms with van der Waals surface area (Å²) in [5.41, 5.74) is 0. The lowest BCUT2D eigenvalue weighted by atomic mass is 10.2. The molecule has 2 fully saturated rings. The van der Waals surface area contributed by atoms with Gasteiger partial charge in [-0.05, 0) is 56.5 Å². The first kappa shape index (κ1) is 18.6. The SMILES string of the molecule is S=C(NCCCNC(=S)NC[C@@H]1CCCO1)NC[C@@H]1CCCO1. The summed E-state index contributed by atoms with van der Waals surface area (Å²) >= 11 is 10.5. The van der Waals surface area contributed by atoms with Gasteiger partial charge in [0.05, 0.1) is 12.2 Å². The van der Waals surface area contributed by atoms with Crippen molar-refractivity contribution in [3.63, 3.8) is 0 Å². The topological polar surface area (TPSA) is 66.6 Å². The first-order valence-corrected chi connectivity index (χ1v) is 9.32. The van der Waals surface area contributed by atoms with Gasteiger partial charge in [-0.2, -0.15) is 0 Å². The predicted octanol–water partition coefficient (Wildman–Crippen LogP) is 0.663. The van der Waals surface area contributed by atoms with Crippen molar-refractivity contribution in [2.45, 2.75) is 44.3 Å². The highest BCUT2D eigenvalue weighted by molar-refractivity contribution is 7.80. The summed E-state index contributed by atoms with van der Waals surface area (Å²) in [6.45, 7) is 4.97. The Morgan fingerprint density at radius 1 is 0.783 bits per heavy atom. The number of hydrogen-bond acceptors (Lipinski definition) is 4. The van der Waals surface area contributed by atoms with Gasteiger partial charge in [-0.1, -0.05) is 0 Å². The van der Waals surface area contributed by atoms with Crippen LogP contribution in [-0.2, 0) is 9.47 Å². The summed E-state index contributed by atoms with van der Waals surface area (Å²) in [5, 5.41) is 14.2. The molecule has 0 aromatic rings. The van der Waals surface area contributed by atoms with E-state index in [1.165, 1.54) is 0 Å². The van der Waals surface area contributed by atoms with E-state index in [4.69, 9.17) is 33.9 Å². The third-order valence-electron chi connectivity index (χ3n) is 3.95. The van der Waals surface area contributed by atoms with E-state index in [0.29, 0.717) is 22.4 Å². The smallest absolute Gasteiger partial charge is 0.166 e. The van der Waals surface area contributed by atoms with Crippen LogP contribution in [-0.4, -0.2) is 61.8 Å². The number of rotatable bonds is 8. The van der Waals surface area contributed by atoms with Gasteiger partial charge in [-0.15, -0.1) is 0 Å². The van der Waals surface area contributed by atoms with Gasteiger partial charge in [0.2, 0.25) is 0 Å². The maximum atomic E-state index is 5.54. The number of ether oxygens (including phenoxy) is 2. The van der Waals surface area contributed by atoms with E-state index in [1.54, 1.807) is 0 Å². The highest BCUT2D eigenvalue weighted by Crippen LogP contribution is 2.10. The maximum Gasteiger partial charge on any atom is 0.166 e. The van der Waals surface area contributed by atoms with Crippen LogP contribution in [0.25, 0.3) is 0 Å². The zero-order valence-electron chi connectivity index (χ0n) is 13.6. The Morgan fingerprint density at radius 2 is 1.26 bits per heavy atom. The van der Waals surface area contributed by atoms with Crippen molar-refractivity contribution in [2.24, 2.45) is 0 Å². The van der Waals surface area contributed by atoms with E-state index in [9.17, 15) is 0 Å². The number of nitrogens with one attached hydrogen (secondary N) is 4. The first-order chi connectivity index (χ1) is 11.2. The molecular formula is C15H28N4O2S2. The lowest BCUT2D eigenvalue weighted by Gasteiger charge is -2.15. The molecule has 23 heavy (non-hydrogen) atoms. The van der Waals surface area contributed by atoms with Gasteiger partial charge in [-0.3, -0.25) is 0 Å². The molecule has 0 bridgehead atoms. The van der Waals surface area contributed by atoms with Crippen LogP contribution < -0.4 is 21.3 Å². The minimum Gasteiger partial charge on any atom is -0.376 e. The third kappa shape index (κ3) is 8.10. The lowest BCUT2D eigenvalue weighted by molar-refractivity contribution is 0.114. The Labute approximate surface area is 149 Å². The summed E-state index contributed by atoms with van der Waals surface area (Å²) in [7, 11) is 0. The molecule has 0 aromatic heterocycles. The van der Waals surface area contributed by atoms with Crippen LogP contribution in [0.5, 0.6) is 0 Å². The van der Waals surface area contributed by atoms with E-state index >= 15 is 0 Å². The Balaban J connectivity index is 1.39. The van der Waals surface area contributed by atoms with Crippen LogP contribution in [0.1, 0.15) is 32.1 Å². The molecule has 2 saturated heterocycles. The Morgan fingerprint density at radius 3 is 1.65 bits per heavy atom. The summed E-state index contributed by atoms with van der Waals surface area (Å²) in [6.07, 6.45) is 6.11. The van der Waals surface area contributed by atoms with Crippen LogP contribution in [0.15, 0.2) is 0 Å². The molecule has 4 N–H and O–H groups in total. The van der Waals surface area contributed by atoms with E-state index in [-0.39, 0.29) is 0 Å². The molecule has 8 heteroatoms. The third-order valence-corrected chi connectivity index (χ3v) is 4.53. The van der Waals surface area contributed by atoms with Gasteiger partial charge in [0, 0.05) is 39.4 Å². The summed E-state index contributed by atoms with van der Waals surface area (Å²) in [4.78, 5) is 0. The van der Waals surface area contributed by atoms with Crippen molar-refractivity contribution in [2.75, 3.05) is 39.4 Å². The molecule has 2 aliphatic heterocycles. The Bertz CT molecular complexity index is 338. The van der Waals surface area contributed by atoms with Gasteiger partial charge < -0.3 is 30.7 Å². The standard InChI is InChI=1S/C15H28N4O2S2/c22-14(18-10-12-4-1-8-20-12)16-6-3-7-17-15(23)19-11-13-5-2-9-21-13/h12-13H,1-11H2,(H2,16,18,22)(H2,17,19,23)/t12-,13-/m0/s1. The normalized spacial score (nSPS) is 23.5. The van der Waals surface area contributed by atoms with Crippen LogP contribution in [0.4, 0.5) is 0 Å². The molecule has 0 aromatic carbocycles. The highest BCUT2D eigenvalue weighted by atomic mass is 32.1. The van der Waals surface area contributed by atoms with Gasteiger partial charge in [-0.25, -0.2) is 0 Å². The second-order valence-electron chi connectivity index (χ2n) is 5.90. The molecule has 0 spiro atoms. The van der Waals surface area contributed by atoms with Crippen molar-refractivity contribution in [1.82, 2.24) is 21.3 Å². The van der Waals surface area contributed by atoms with Gasteiger partial charge in [0.25, 0.3) is 0 Å². The summed E-state index contributed by atoms with van der Waals surface area (Å²) in [6, 6.07) is 0. The molecule has 0 saturated carbocycles. The molecule has 0 radical (unpaired) electrons. The molecule has 2 atom stereocenters. The fourth-order valence-corrected chi connectivity index (χ4v) is 3.01. The van der Waals surface area contributed by atoms with Crippen molar-refractivity contribution in [3.8, 4) is 0 Å². The van der Waals surface area contributed by atoms with E-state index in [0.717, 1.165) is 71.5 Å². The van der Waals surface area contributed by atoms with E-state index in [1.807, 2.05) is 0 Å². The predicted molar refractivity (Wildman–Crippen MR) is 99.8 cm³/mol. The molecular weight excluding hydrogens is 332 g/mol. The summed E-state index contributed by atoms with van der Waals surface area (Å²) < 4.78 is 11.1. The van der Waals surface area contributed by atoms with Gasteiger partial charge in [0.1, 0.15) is 0 Å². The number of thiocarbonyl (C=S) groups is 2. The fraction of sp³-hybridized carbons (Fsp3) is 0.867. The molecule has 0 amide bonds. The van der Waals surface area contributed by atoms with Crippen molar-refractivity contribution >= 4 is 34.7 Å². The second-order valence-corrected chi connectivity index (χ2v) is 6.71. The Kier molecular flexibility index (Phi) is 8.88. The highest BCUT2D eigenvalue weighted by Gasteiger charge is 2.15. The van der Waals surface area contributed by atoms with Crippen LogP contribution in [0, 0.1) is 0 Å². The minimum absolute atomic E-state index is 0.309. The average molecular weight is 361 g/mol. The monoisotopic (exact) mass is 360 g/mol. The fourth-order valence-electron chi connectivity index (χ4n) is 2.64. The van der Waals surface area contributed by atoms with Crippen LogP contribution in [0.2, 0.25) is 0 Å². The molecule has 6 nitrogen and oxygen atoms in total.